The number of nitrogens with zero attached hydrogens (tertiary/aromatic N) is 3. The zero-order valence-electron chi connectivity index (χ0n) is 17.8. The molecule has 156 valence electrons. The lowest BCUT2D eigenvalue weighted by atomic mass is 9.95. The number of benzene rings is 2. The number of hydrazone groups is 1. The molecule has 0 saturated carbocycles. The summed E-state index contributed by atoms with van der Waals surface area (Å²) in [6.45, 7) is 3.79. The second-order valence-corrected chi connectivity index (χ2v) is 8.07. The van der Waals surface area contributed by atoms with Crippen molar-refractivity contribution in [2.75, 3.05) is 0 Å². The van der Waals surface area contributed by atoms with Crippen molar-refractivity contribution in [1.29, 1.82) is 0 Å². The Balaban J connectivity index is 1.66. The first-order chi connectivity index (χ1) is 15.0. The summed E-state index contributed by atoms with van der Waals surface area (Å²) in [6, 6.07) is 15.7. The van der Waals surface area contributed by atoms with Gasteiger partial charge in [0.25, 0.3) is 5.56 Å². The topological polar surface area (TPSA) is 70.5 Å². The number of fused-ring (bicyclic) bond motifs is 2. The van der Waals surface area contributed by atoms with Gasteiger partial charge in [-0.15, -0.1) is 0 Å². The van der Waals surface area contributed by atoms with Crippen LogP contribution < -0.4 is 5.56 Å². The highest BCUT2D eigenvalue weighted by Crippen LogP contribution is 2.38. The van der Waals surface area contributed by atoms with Crippen LogP contribution in [0.25, 0.3) is 21.8 Å². The number of hydrogen-bond acceptors (Lipinski definition) is 3. The standard InChI is InChI=1S/C25H24N4O2/c1-4-23(30)29-22(18-14-28(3)21-12-8-6-10-17(18)21)13-20(27-29)24-15(2)16-9-5-7-11-19(16)26-25(24)31/h5-12,14,22H,4,13H2,1-3H3,(H,26,31). The fraction of sp³-hybridized carbons (Fsp3) is 0.240. The first-order valence-corrected chi connectivity index (χ1v) is 10.5. The van der Waals surface area contributed by atoms with Crippen molar-refractivity contribution >= 4 is 33.4 Å². The Hall–Kier alpha value is -3.67. The lowest BCUT2D eigenvalue weighted by Gasteiger charge is -2.20. The fourth-order valence-electron chi connectivity index (χ4n) is 4.69. The monoisotopic (exact) mass is 412 g/mol. The first-order valence-electron chi connectivity index (χ1n) is 10.5. The highest BCUT2D eigenvalue weighted by atomic mass is 16.2. The van der Waals surface area contributed by atoms with Crippen LogP contribution in [-0.4, -0.2) is 26.2 Å². The summed E-state index contributed by atoms with van der Waals surface area (Å²) in [5, 5.41) is 8.37. The maximum absolute atomic E-state index is 13.0. The predicted molar refractivity (Wildman–Crippen MR) is 123 cm³/mol. The van der Waals surface area contributed by atoms with Crippen LogP contribution in [0, 0.1) is 6.92 Å². The molecule has 0 saturated heterocycles. The average Bonchev–Trinajstić information content (AvgIpc) is 3.35. The van der Waals surface area contributed by atoms with E-state index in [0.717, 1.165) is 32.9 Å². The van der Waals surface area contributed by atoms with Gasteiger partial charge in [-0.1, -0.05) is 43.3 Å². The van der Waals surface area contributed by atoms with E-state index in [1.54, 1.807) is 5.01 Å². The number of nitrogens with one attached hydrogen (secondary N) is 1. The van der Waals surface area contributed by atoms with Crippen molar-refractivity contribution in [2.45, 2.75) is 32.7 Å². The fourth-order valence-corrected chi connectivity index (χ4v) is 4.69. The highest BCUT2D eigenvalue weighted by molar-refractivity contribution is 6.07. The molecule has 6 nitrogen and oxygen atoms in total. The zero-order chi connectivity index (χ0) is 21.7. The largest absolute Gasteiger partial charge is 0.350 e. The quantitative estimate of drug-likeness (QED) is 0.541. The van der Waals surface area contributed by atoms with Gasteiger partial charge in [0.05, 0.1) is 17.3 Å². The molecule has 31 heavy (non-hydrogen) atoms. The van der Waals surface area contributed by atoms with Crippen molar-refractivity contribution in [3.8, 4) is 0 Å². The maximum atomic E-state index is 13.0. The van der Waals surface area contributed by atoms with Crippen LogP contribution in [0.3, 0.4) is 0 Å². The number of aryl methyl sites for hydroxylation is 2. The molecule has 1 unspecified atom stereocenters. The van der Waals surface area contributed by atoms with Gasteiger partial charge in [0.1, 0.15) is 0 Å². The third-order valence-electron chi connectivity index (χ3n) is 6.23. The zero-order valence-corrected chi connectivity index (χ0v) is 17.8. The van der Waals surface area contributed by atoms with Crippen LogP contribution in [0.5, 0.6) is 0 Å². The summed E-state index contributed by atoms with van der Waals surface area (Å²) in [4.78, 5) is 28.8. The van der Waals surface area contributed by atoms with Gasteiger partial charge in [-0.05, 0) is 24.6 Å². The Labute approximate surface area is 179 Å². The van der Waals surface area contributed by atoms with Crippen LogP contribution in [0.1, 0.15) is 42.5 Å². The van der Waals surface area contributed by atoms with Gasteiger partial charge in [-0.2, -0.15) is 5.10 Å². The van der Waals surface area contributed by atoms with Crippen molar-refractivity contribution in [3.63, 3.8) is 0 Å². The molecule has 0 aliphatic carbocycles. The van der Waals surface area contributed by atoms with Crippen LogP contribution in [-0.2, 0) is 11.8 Å². The van der Waals surface area contributed by atoms with Gasteiger partial charge in [0.15, 0.2) is 0 Å². The van der Waals surface area contributed by atoms with Gasteiger partial charge in [-0.25, -0.2) is 5.01 Å². The minimum Gasteiger partial charge on any atom is -0.350 e. The molecular weight excluding hydrogens is 388 g/mol. The van der Waals surface area contributed by atoms with E-state index in [4.69, 9.17) is 5.10 Å². The van der Waals surface area contributed by atoms with E-state index in [2.05, 4.69) is 27.9 Å². The molecule has 1 amide bonds. The third kappa shape index (κ3) is 2.98. The molecule has 0 fully saturated rings. The number of amides is 1. The molecule has 4 aromatic rings. The number of para-hydroxylation sites is 2. The minimum absolute atomic E-state index is 0.0530. The number of hydrogen-bond donors (Lipinski definition) is 1. The number of aromatic nitrogens is 2. The van der Waals surface area contributed by atoms with Gasteiger partial charge < -0.3 is 9.55 Å². The van der Waals surface area contributed by atoms with Crippen LogP contribution >= 0.6 is 0 Å². The maximum Gasteiger partial charge on any atom is 0.257 e. The minimum atomic E-state index is -0.237. The van der Waals surface area contributed by atoms with Gasteiger partial charge in [-0.3, -0.25) is 9.59 Å². The summed E-state index contributed by atoms with van der Waals surface area (Å²) in [5.41, 5.74) is 4.90. The molecule has 1 atom stereocenters. The molecule has 2 aromatic heterocycles. The Morgan fingerprint density at radius 3 is 2.61 bits per heavy atom. The van der Waals surface area contributed by atoms with Crippen molar-refractivity contribution in [1.82, 2.24) is 14.6 Å². The number of carbonyl (C=O) groups is 1. The Morgan fingerprint density at radius 1 is 1.13 bits per heavy atom. The molecule has 1 N–H and O–H groups in total. The van der Waals surface area contributed by atoms with Gasteiger partial charge in [0.2, 0.25) is 5.91 Å². The molecule has 1 aliphatic rings. The van der Waals surface area contributed by atoms with Gasteiger partial charge >= 0.3 is 0 Å². The second-order valence-electron chi connectivity index (χ2n) is 8.07. The van der Waals surface area contributed by atoms with Crippen LogP contribution in [0.4, 0.5) is 0 Å². The molecule has 3 heterocycles. The number of aromatic amines is 1. The molecule has 1 aliphatic heterocycles. The smallest absolute Gasteiger partial charge is 0.257 e. The van der Waals surface area contributed by atoms with Crippen molar-refractivity contribution < 1.29 is 4.79 Å². The van der Waals surface area contributed by atoms with Crippen LogP contribution in [0.2, 0.25) is 0 Å². The molecule has 0 radical (unpaired) electrons. The highest BCUT2D eigenvalue weighted by Gasteiger charge is 2.35. The number of rotatable bonds is 3. The first kappa shape index (κ1) is 19.3. The van der Waals surface area contributed by atoms with E-state index in [9.17, 15) is 9.59 Å². The Morgan fingerprint density at radius 2 is 1.84 bits per heavy atom. The normalized spacial score (nSPS) is 16.3. The summed E-state index contributed by atoms with van der Waals surface area (Å²) < 4.78 is 2.07. The van der Waals surface area contributed by atoms with E-state index >= 15 is 0 Å². The summed E-state index contributed by atoms with van der Waals surface area (Å²) >= 11 is 0. The van der Waals surface area contributed by atoms with E-state index in [1.165, 1.54) is 0 Å². The number of carbonyl (C=O) groups excluding carboxylic acids is 1. The van der Waals surface area contributed by atoms with Crippen molar-refractivity contribution in [3.05, 3.63) is 81.8 Å². The summed E-state index contributed by atoms with van der Waals surface area (Å²) in [6.07, 6.45) is 2.92. The Bertz CT molecular complexity index is 1430. The lowest BCUT2D eigenvalue weighted by Crippen LogP contribution is -2.26. The van der Waals surface area contributed by atoms with Gasteiger partial charge in [0, 0.05) is 53.5 Å². The molecule has 2 aromatic carbocycles. The SMILES string of the molecule is CCC(=O)N1N=C(c2c(C)c3ccccc3[nH]c2=O)CC1c1cn(C)c2ccccc12. The molecular formula is C25H24N4O2. The molecule has 6 heteroatoms. The number of H-pyrrole nitrogens is 1. The molecule has 5 rings (SSSR count). The third-order valence-corrected chi connectivity index (χ3v) is 6.23. The van der Waals surface area contributed by atoms with Crippen LogP contribution in [0.15, 0.2) is 64.6 Å². The predicted octanol–water partition coefficient (Wildman–Crippen LogP) is 4.42. The average molecular weight is 412 g/mol. The molecule has 0 spiro atoms. The summed E-state index contributed by atoms with van der Waals surface area (Å²) in [5.74, 6) is -0.0530. The van der Waals surface area contributed by atoms with E-state index in [1.807, 2.05) is 57.3 Å². The van der Waals surface area contributed by atoms with E-state index in [0.29, 0.717) is 24.1 Å². The number of pyridine rings is 1. The van der Waals surface area contributed by atoms with Crippen molar-refractivity contribution in [2.24, 2.45) is 12.1 Å². The molecule has 0 bridgehead atoms. The lowest BCUT2D eigenvalue weighted by molar-refractivity contribution is -0.132. The second kappa shape index (κ2) is 7.23. The summed E-state index contributed by atoms with van der Waals surface area (Å²) in [7, 11) is 2.01. The van der Waals surface area contributed by atoms with E-state index < -0.39 is 0 Å². The van der Waals surface area contributed by atoms with E-state index in [-0.39, 0.29) is 17.5 Å². The Kier molecular flexibility index (Phi) is 4.50.